The second-order valence-electron chi connectivity index (χ2n) is 8.49. The summed E-state index contributed by atoms with van der Waals surface area (Å²) in [6.07, 6.45) is 3.04. The summed E-state index contributed by atoms with van der Waals surface area (Å²) in [5.41, 5.74) is 3.28. The van der Waals surface area contributed by atoms with E-state index in [9.17, 15) is 4.79 Å². The van der Waals surface area contributed by atoms with E-state index in [1.165, 1.54) is 5.56 Å². The number of amides is 1. The van der Waals surface area contributed by atoms with E-state index in [2.05, 4.69) is 34.4 Å². The van der Waals surface area contributed by atoms with Gasteiger partial charge in [-0.25, -0.2) is 4.68 Å². The number of carbonyl (C=O) groups excluding carboxylic acids is 1. The highest BCUT2D eigenvalue weighted by Crippen LogP contribution is 2.28. The summed E-state index contributed by atoms with van der Waals surface area (Å²) >= 11 is 0. The van der Waals surface area contributed by atoms with Gasteiger partial charge in [-0.3, -0.25) is 9.69 Å². The van der Waals surface area contributed by atoms with E-state index >= 15 is 0 Å². The van der Waals surface area contributed by atoms with E-state index < -0.39 is 6.10 Å². The molecule has 0 bridgehead atoms. The van der Waals surface area contributed by atoms with Crippen LogP contribution >= 0.6 is 0 Å². The highest BCUT2D eigenvalue weighted by Gasteiger charge is 2.25. The number of likely N-dealkylation sites (tertiary alicyclic amines) is 1. The predicted molar refractivity (Wildman–Crippen MR) is 128 cm³/mol. The van der Waals surface area contributed by atoms with Crippen molar-refractivity contribution in [2.75, 3.05) is 32.6 Å². The van der Waals surface area contributed by atoms with Crippen molar-refractivity contribution in [1.29, 1.82) is 0 Å². The Labute approximate surface area is 195 Å². The highest BCUT2D eigenvalue weighted by molar-refractivity contribution is 5.94. The summed E-state index contributed by atoms with van der Waals surface area (Å²) < 4.78 is 12.8. The lowest BCUT2D eigenvalue weighted by molar-refractivity contribution is -0.126. The topological polar surface area (TPSA) is 68.6 Å². The van der Waals surface area contributed by atoms with Gasteiger partial charge in [0.2, 0.25) is 0 Å². The third-order valence-electron chi connectivity index (χ3n) is 6.27. The molecule has 3 aromatic rings. The van der Waals surface area contributed by atoms with Gasteiger partial charge >= 0.3 is 0 Å². The zero-order valence-corrected chi connectivity index (χ0v) is 19.5. The first kappa shape index (κ1) is 23.0. The van der Waals surface area contributed by atoms with Crippen LogP contribution in [-0.4, -0.2) is 47.9 Å². The summed E-state index contributed by atoms with van der Waals surface area (Å²) in [5.74, 6) is 1.44. The molecule has 0 aliphatic carbocycles. The second-order valence-corrected chi connectivity index (χ2v) is 8.49. The van der Waals surface area contributed by atoms with Gasteiger partial charge in [0.15, 0.2) is 6.10 Å². The van der Waals surface area contributed by atoms with E-state index in [1.807, 2.05) is 47.1 Å². The number of anilines is 1. The van der Waals surface area contributed by atoms with Gasteiger partial charge in [-0.1, -0.05) is 42.5 Å². The minimum Gasteiger partial charge on any atom is -0.496 e. The first-order chi connectivity index (χ1) is 16.1. The number of benzene rings is 2. The number of nitrogens with one attached hydrogen (secondary N) is 1. The SMILES string of the molecule is COc1ccc(CN2CCC(n3nccc3NC(=O)[C@H](OC)c3ccccc3)CC2)cc1C. The van der Waals surface area contributed by atoms with Crippen LogP contribution in [0.5, 0.6) is 5.75 Å². The van der Waals surface area contributed by atoms with Crippen molar-refractivity contribution in [2.45, 2.75) is 38.5 Å². The van der Waals surface area contributed by atoms with Gasteiger partial charge in [-0.15, -0.1) is 0 Å². The zero-order valence-electron chi connectivity index (χ0n) is 19.5. The first-order valence-corrected chi connectivity index (χ1v) is 11.4. The third-order valence-corrected chi connectivity index (χ3v) is 6.27. The number of carbonyl (C=O) groups is 1. The molecule has 174 valence electrons. The summed E-state index contributed by atoms with van der Waals surface area (Å²) in [6.45, 7) is 4.96. The lowest BCUT2D eigenvalue weighted by atomic mass is 10.0. The molecule has 33 heavy (non-hydrogen) atoms. The Morgan fingerprint density at radius 3 is 2.55 bits per heavy atom. The van der Waals surface area contributed by atoms with Crippen LogP contribution in [0.15, 0.2) is 60.8 Å². The number of hydrogen-bond acceptors (Lipinski definition) is 5. The number of hydrogen-bond donors (Lipinski definition) is 1. The molecule has 0 unspecified atom stereocenters. The van der Waals surface area contributed by atoms with Gasteiger partial charge in [0.05, 0.1) is 19.3 Å². The van der Waals surface area contributed by atoms with Gasteiger partial charge in [0.25, 0.3) is 5.91 Å². The summed E-state index contributed by atoms with van der Waals surface area (Å²) in [5, 5.41) is 7.54. The zero-order chi connectivity index (χ0) is 23.2. The number of nitrogens with zero attached hydrogens (tertiary/aromatic N) is 3. The predicted octanol–water partition coefficient (Wildman–Crippen LogP) is 4.36. The minimum atomic E-state index is -0.663. The normalized spacial score (nSPS) is 15.8. The van der Waals surface area contributed by atoms with Gasteiger partial charge in [-0.05, 0) is 42.5 Å². The summed E-state index contributed by atoms with van der Waals surface area (Å²) in [6, 6.07) is 18.0. The molecule has 1 aromatic heterocycles. The van der Waals surface area contributed by atoms with Crippen LogP contribution in [0.3, 0.4) is 0 Å². The lowest BCUT2D eigenvalue weighted by Crippen LogP contribution is -2.35. The van der Waals surface area contributed by atoms with E-state index in [4.69, 9.17) is 9.47 Å². The Bertz CT molecular complexity index is 1060. The quantitative estimate of drug-likeness (QED) is 0.554. The Balaban J connectivity index is 1.36. The summed E-state index contributed by atoms with van der Waals surface area (Å²) in [7, 11) is 3.25. The van der Waals surface area contributed by atoms with E-state index in [1.54, 1.807) is 20.4 Å². The average Bonchev–Trinajstić information content (AvgIpc) is 3.29. The van der Waals surface area contributed by atoms with Crippen LogP contribution in [0, 0.1) is 6.92 Å². The molecule has 2 heterocycles. The van der Waals surface area contributed by atoms with Gasteiger partial charge in [0, 0.05) is 32.8 Å². The van der Waals surface area contributed by atoms with E-state index in [0.29, 0.717) is 5.82 Å². The van der Waals surface area contributed by atoms with Crippen LogP contribution in [0.25, 0.3) is 0 Å². The molecule has 1 aliphatic heterocycles. The molecule has 1 aliphatic rings. The molecule has 1 saturated heterocycles. The number of ether oxygens (including phenoxy) is 2. The Kier molecular flexibility index (Phi) is 7.42. The maximum atomic E-state index is 12.9. The first-order valence-electron chi connectivity index (χ1n) is 11.4. The van der Waals surface area contributed by atoms with Crippen LogP contribution in [0.2, 0.25) is 0 Å². The Hall–Kier alpha value is -3.16. The molecular formula is C26H32N4O3. The number of methoxy groups -OCH3 is 2. The summed E-state index contributed by atoms with van der Waals surface area (Å²) in [4.78, 5) is 15.4. The molecule has 0 radical (unpaired) electrons. The fraction of sp³-hybridized carbons (Fsp3) is 0.385. The van der Waals surface area contributed by atoms with Crippen molar-refractivity contribution in [3.8, 4) is 5.75 Å². The van der Waals surface area contributed by atoms with Crippen molar-refractivity contribution < 1.29 is 14.3 Å². The number of rotatable bonds is 8. The molecule has 0 spiro atoms. The molecule has 4 rings (SSSR count). The third kappa shape index (κ3) is 5.43. The number of aromatic nitrogens is 2. The van der Waals surface area contributed by atoms with Crippen molar-refractivity contribution in [2.24, 2.45) is 0 Å². The van der Waals surface area contributed by atoms with Crippen molar-refractivity contribution in [1.82, 2.24) is 14.7 Å². The minimum absolute atomic E-state index is 0.197. The standard InChI is InChI=1S/C26H32N4O3/c1-19-17-20(9-10-23(19)32-2)18-29-15-12-22(13-16-29)30-24(11-14-27-30)28-26(31)25(33-3)21-7-5-4-6-8-21/h4-11,14,17,22,25H,12-13,15-16,18H2,1-3H3,(H,28,31)/t25-/m1/s1. The van der Waals surface area contributed by atoms with Gasteiger partial charge < -0.3 is 14.8 Å². The average molecular weight is 449 g/mol. The van der Waals surface area contributed by atoms with Crippen LogP contribution < -0.4 is 10.1 Å². The van der Waals surface area contributed by atoms with Crippen molar-refractivity contribution in [3.05, 3.63) is 77.5 Å². The molecule has 0 saturated carbocycles. The second kappa shape index (κ2) is 10.6. The van der Waals surface area contributed by atoms with Crippen LogP contribution in [0.4, 0.5) is 5.82 Å². The molecular weight excluding hydrogens is 416 g/mol. The van der Waals surface area contributed by atoms with Gasteiger partial charge in [0.1, 0.15) is 11.6 Å². The molecule has 1 amide bonds. The van der Waals surface area contributed by atoms with Crippen LogP contribution in [0.1, 0.15) is 41.7 Å². The molecule has 1 fully saturated rings. The number of aryl methyl sites for hydroxylation is 1. The van der Waals surface area contributed by atoms with Crippen molar-refractivity contribution in [3.63, 3.8) is 0 Å². The number of piperidine rings is 1. The van der Waals surface area contributed by atoms with Crippen LogP contribution in [-0.2, 0) is 16.1 Å². The monoisotopic (exact) mass is 448 g/mol. The molecule has 2 aromatic carbocycles. The fourth-order valence-corrected chi connectivity index (χ4v) is 4.54. The molecule has 1 N–H and O–H groups in total. The lowest BCUT2D eigenvalue weighted by Gasteiger charge is -2.33. The maximum Gasteiger partial charge on any atom is 0.259 e. The van der Waals surface area contributed by atoms with E-state index in [-0.39, 0.29) is 11.9 Å². The van der Waals surface area contributed by atoms with E-state index in [0.717, 1.165) is 49.4 Å². The molecule has 7 heteroatoms. The molecule has 1 atom stereocenters. The maximum absolute atomic E-state index is 12.9. The fourth-order valence-electron chi connectivity index (χ4n) is 4.54. The smallest absolute Gasteiger partial charge is 0.259 e. The molecule has 7 nitrogen and oxygen atoms in total. The Morgan fingerprint density at radius 2 is 1.88 bits per heavy atom. The van der Waals surface area contributed by atoms with Gasteiger partial charge in [-0.2, -0.15) is 5.10 Å². The largest absolute Gasteiger partial charge is 0.496 e. The Morgan fingerprint density at radius 1 is 1.12 bits per heavy atom. The highest BCUT2D eigenvalue weighted by atomic mass is 16.5. The van der Waals surface area contributed by atoms with Crippen molar-refractivity contribution >= 4 is 11.7 Å².